The molecule has 2 aromatic carbocycles. The molecule has 2 aliphatic heterocycles. The molecule has 2 heterocycles. The number of hydrogen-bond donors (Lipinski definition) is 2. The maximum absolute atomic E-state index is 9.69. The fourth-order valence-corrected chi connectivity index (χ4v) is 3.31. The van der Waals surface area contributed by atoms with E-state index in [9.17, 15) is 5.26 Å². The second-order valence-electron chi connectivity index (χ2n) is 6.52. The molecule has 0 aliphatic carbocycles. The third-order valence-corrected chi connectivity index (χ3v) is 4.96. The van der Waals surface area contributed by atoms with Crippen molar-refractivity contribution in [1.29, 1.82) is 5.26 Å². The number of rotatable bonds is 4. The molecule has 0 radical (unpaired) electrons. The predicted octanol–water partition coefficient (Wildman–Crippen LogP) is 3.80. The quantitative estimate of drug-likeness (QED) is 0.752. The van der Waals surface area contributed by atoms with Crippen LogP contribution >= 0.6 is 11.6 Å². The van der Waals surface area contributed by atoms with Crippen LogP contribution in [0.2, 0.25) is 5.02 Å². The summed E-state index contributed by atoms with van der Waals surface area (Å²) in [7, 11) is 1.54. The Bertz CT molecular complexity index is 1130. The molecule has 2 aliphatic rings. The zero-order valence-electron chi connectivity index (χ0n) is 16.1. The highest BCUT2D eigenvalue weighted by atomic mass is 35.5. The van der Waals surface area contributed by atoms with Crippen LogP contribution in [0.5, 0.6) is 5.75 Å². The Morgan fingerprint density at radius 1 is 1.14 bits per heavy atom. The Hall–Kier alpha value is -3.34. The summed E-state index contributed by atoms with van der Waals surface area (Å²) in [5.74, 6) is 0.972. The number of benzene rings is 2. The molecule has 4 rings (SSSR count). The summed E-state index contributed by atoms with van der Waals surface area (Å²) in [5, 5.41) is 10.2. The summed E-state index contributed by atoms with van der Waals surface area (Å²) in [6.07, 6.45) is -0.515. The molecule has 0 saturated heterocycles. The van der Waals surface area contributed by atoms with Crippen LogP contribution in [0.4, 0.5) is 5.69 Å². The van der Waals surface area contributed by atoms with Crippen molar-refractivity contribution in [1.82, 2.24) is 10.9 Å². The van der Waals surface area contributed by atoms with Crippen LogP contribution in [0.25, 0.3) is 0 Å². The van der Waals surface area contributed by atoms with Gasteiger partial charge < -0.3 is 14.9 Å². The highest BCUT2D eigenvalue weighted by Gasteiger charge is 2.27. The van der Waals surface area contributed by atoms with Crippen molar-refractivity contribution in [2.75, 3.05) is 7.11 Å². The number of ether oxygens (including phenoxy) is 2. The zero-order valence-corrected chi connectivity index (χ0v) is 16.8. The van der Waals surface area contributed by atoms with Gasteiger partial charge in [0.25, 0.3) is 0 Å². The molecular formula is C21H18ClN5O2. The van der Waals surface area contributed by atoms with Crippen LogP contribution < -0.4 is 15.6 Å². The molecule has 2 aromatic rings. The third-order valence-electron chi connectivity index (χ3n) is 4.63. The minimum Gasteiger partial charge on any atom is -0.464 e. The summed E-state index contributed by atoms with van der Waals surface area (Å²) in [5.41, 5.74) is 10.6. The van der Waals surface area contributed by atoms with Gasteiger partial charge in [-0.15, -0.1) is 0 Å². The van der Waals surface area contributed by atoms with E-state index in [-0.39, 0.29) is 0 Å². The van der Waals surface area contributed by atoms with E-state index < -0.39 is 6.29 Å². The van der Waals surface area contributed by atoms with Gasteiger partial charge in [0, 0.05) is 29.3 Å². The molecule has 0 aromatic heterocycles. The number of nitrogens with zero attached hydrogens (tertiary/aromatic N) is 3. The maximum Gasteiger partial charge on any atom is 0.196 e. The van der Waals surface area contributed by atoms with Gasteiger partial charge in [-0.25, -0.2) is 9.98 Å². The van der Waals surface area contributed by atoms with Gasteiger partial charge in [0.2, 0.25) is 0 Å². The molecule has 0 saturated carbocycles. The van der Waals surface area contributed by atoms with Crippen LogP contribution in [0.15, 0.2) is 57.8 Å². The van der Waals surface area contributed by atoms with E-state index in [2.05, 4.69) is 16.9 Å². The molecule has 0 amide bonds. The lowest BCUT2D eigenvalue weighted by atomic mass is 9.98. The molecule has 2 N–H and O–H groups in total. The van der Waals surface area contributed by atoms with Crippen molar-refractivity contribution >= 4 is 28.8 Å². The summed E-state index contributed by atoms with van der Waals surface area (Å²) < 4.78 is 10.9. The second kappa shape index (κ2) is 7.59. The molecule has 1 atom stereocenters. The Balaban J connectivity index is 1.98. The molecule has 7 nitrogen and oxygen atoms in total. The number of nitrogens with one attached hydrogen (secondary N) is 2. The fourth-order valence-electron chi connectivity index (χ4n) is 3.08. The third kappa shape index (κ3) is 3.44. The Kier molecular flexibility index (Phi) is 4.97. The Labute approximate surface area is 173 Å². The molecule has 0 fully saturated rings. The summed E-state index contributed by atoms with van der Waals surface area (Å²) >= 11 is 6.48. The van der Waals surface area contributed by atoms with E-state index in [4.69, 9.17) is 31.1 Å². The zero-order chi connectivity index (χ0) is 20.5. The number of amidine groups is 1. The molecule has 146 valence electrons. The predicted molar refractivity (Wildman–Crippen MR) is 111 cm³/mol. The number of allylic oxidation sites excluding steroid dienone is 1. The van der Waals surface area contributed by atoms with Gasteiger partial charge in [0.05, 0.1) is 22.7 Å². The van der Waals surface area contributed by atoms with Gasteiger partial charge in [0.15, 0.2) is 12.1 Å². The van der Waals surface area contributed by atoms with E-state index >= 15 is 0 Å². The van der Waals surface area contributed by atoms with Crippen LogP contribution in [0, 0.1) is 11.3 Å². The minimum atomic E-state index is -0.515. The van der Waals surface area contributed by atoms with Crippen molar-refractivity contribution in [3.05, 3.63) is 69.5 Å². The normalized spacial score (nSPS) is 15.7. The topological polar surface area (TPSA) is 91.0 Å². The fraction of sp³-hybridized carbons (Fsp3) is 0.190. The van der Waals surface area contributed by atoms with Gasteiger partial charge in [0.1, 0.15) is 17.5 Å². The van der Waals surface area contributed by atoms with Crippen LogP contribution in [0.3, 0.4) is 0 Å². The van der Waals surface area contributed by atoms with E-state index in [1.54, 1.807) is 25.1 Å². The van der Waals surface area contributed by atoms with E-state index in [0.29, 0.717) is 44.8 Å². The molecule has 0 bridgehead atoms. The Morgan fingerprint density at radius 2 is 1.93 bits per heavy atom. The van der Waals surface area contributed by atoms with Gasteiger partial charge in [-0.2, -0.15) is 5.26 Å². The molecule has 29 heavy (non-hydrogen) atoms. The van der Waals surface area contributed by atoms with Crippen molar-refractivity contribution in [3.63, 3.8) is 0 Å². The number of aliphatic imine (C=N–C) groups is 2. The molecule has 8 heteroatoms. The van der Waals surface area contributed by atoms with Crippen molar-refractivity contribution in [2.24, 2.45) is 9.98 Å². The lowest BCUT2D eigenvalue weighted by Gasteiger charge is -2.16. The number of methoxy groups -OCH3 is 1. The van der Waals surface area contributed by atoms with Gasteiger partial charge in [-0.3, -0.25) is 5.43 Å². The number of nitriles is 1. The lowest BCUT2D eigenvalue weighted by molar-refractivity contribution is -0.0384. The van der Waals surface area contributed by atoms with Crippen LogP contribution in [-0.4, -0.2) is 24.9 Å². The standard InChI is InChI=1S/C21H18ClN5O2/c1-11-19-21(27-26-11)24-17-9-18(29-12(2)28-3)13(10-23)8-15(17)20(25-19)14-6-4-5-7-16(14)22/h4-9,12H,1-3H3,(H2,24,26,27). The summed E-state index contributed by atoms with van der Waals surface area (Å²) in [6.45, 7) is 3.66. The Morgan fingerprint density at radius 3 is 2.66 bits per heavy atom. The molecule has 0 spiro atoms. The van der Waals surface area contributed by atoms with E-state index in [0.717, 1.165) is 11.3 Å². The highest BCUT2D eigenvalue weighted by Crippen LogP contribution is 2.36. The average molecular weight is 408 g/mol. The minimum absolute atomic E-state index is 0.358. The number of hydrazine groups is 1. The first-order valence-corrected chi connectivity index (χ1v) is 9.33. The van der Waals surface area contributed by atoms with Crippen molar-refractivity contribution in [3.8, 4) is 11.8 Å². The largest absolute Gasteiger partial charge is 0.464 e. The highest BCUT2D eigenvalue weighted by molar-refractivity contribution is 6.36. The monoisotopic (exact) mass is 407 g/mol. The number of hydrogen-bond acceptors (Lipinski definition) is 7. The van der Waals surface area contributed by atoms with Crippen LogP contribution in [0.1, 0.15) is 30.5 Å². The van der Waals surface area contributed by atoms with E-state index in [1.807, 2.05) is 25.1 Å². The SMILES string of the molecule is COC(C)Oc1cc2c(cc1C#N)C(c1ccccc1Cl)=NC1=C(C)NNC1=N2. The smallest absolute Gasteiger partial charge is 0.196 e. The first-order valence-electron chi connectivity index (χ1n) is 8.95. The first-order chi connectivity index (χ1) is 14.0. The first kappa shape index (κ1) is 19.0. The summed E-state index contributed by atoms with van der Waals surface area (Å²) in [4.78, 5) is 9.58. The van der Waals surface area contributed by atoms with Crippen LogP contribution in [-0.2, 0) is 4.74 Å². The number of fused-ring (bicyclic) bond motifs is 2. The molecule has 1 unspecified atom stereocenters. The van der Waals surface area contributed by atoms with Gasteiger partial charge in [-0.05, 0) is 26.0 Å². The number of halogens is 1. The van der Waals surface area contributed by atoms with Crippen molar-refractivity contribution < 1.29 is 9.47 Å². The van der Waals surface area contributed by atoms with Gasteiger partial charge >= 0.3 is 0 Å². The molecular weight excluding hydrogens is 390 g/mol. The maximum atomic E-state index is 9.69. The van der Waals surface area contributed by atoms with Crippen molar-refractivity contribution in [2.45, 2.75) is 20.1 Å². The summed E-state index contributed by atoms with van der Waals surface area (Å²) in [6, 6.07) is 13.1. The van der Waals surface area contributed by atoms with E-state index in [1.165, 1.54) is 7.11 Å². The lowest BCUT2D eigenvalue weighted by Crippen LogP contribution is -2.27. The average Bonchev–Trinajstić information content (AvgIpc) is 2.97. The van der Waals surface area contributed by atoms with Gasteiger partial charge in [-0.1, -0.05) is 29.8 Å². The second-order valence-corrected chi connectivity index (χ2v) is 6.93.